The smallest absolute Gasteiger partial charge is 0.183 e. The van der Waals surface area contributed by atoms with Crippen LogP contribution in [0.4, 0.5) is 5.13 Å². The molecule has 0 bridgehead atoms. The third kappa shape index (κ3) is 2.28. The van der Waals surface area contributed by atoms with Crippen LogP contribution < -0.4 is 10.1 Å². The van der Waals surface area contributed by atoms with Crippen molar-refractivity contribution in [1.29, 1.82) is 0 Å². The molecule has 0 aliphatic carbocycles. The number of halogens is 2. The van der Waals surface area contributed by atoms with Gasteiger partial charge in [-0.05, 0) is 12.1 Å². The second-order valence-electron chi connectivity index (χ2n) is 3.98. The highest BCUT2D eigenvalue weighted by Crippen LogP contribution is 2.41. The molecule has 0 saturated carbocycles. The topological polar surface area (TPSA) is 34.2 Å². The predicted molar refractivity (Wildman–Crippen MR) is 75.1 cm³/mol. The van der Waals surface area contributed by atoms with Gasteiger partial charge in [0.15, 0.2) is 5.13 Å². The molecule has 1 aliphatic heterocycles. The molecule has 2 heterocycles. The molecule has 3 nitrogen and oxygen atoms in total. The van der Waals surface area contributed by atoms with Gasteiger partial charge in [-0.25, -0.2) is 4.98 Å². The van der Waals surface area contributed by atoms with Gasteiger partial charge in [0.2, 0.25) is 0 Å². The Morgan fingerprint density at radius 1 is 1.39 bits per heavy atom. The fourth-order valence-electron chi connectivity index (χ4n) is 2.02. The van der Waals surface area contributed by atoms with Crippen molar-refractivity contribution in [2.45, 2.75) is 12.5 Å². The first-order chi connectivity index (χ1) is 8.74. The maximum atomic E-state index is 6.14. The molecule has 2 aromatic rings. The van der Waals surface area contributed by atoms with Gasteiger partial charge in [0.1, 0.15) is 5.75 Å². The molecule has 3 rings (SSSR count). The number of aromatic nitrogens is 1. The van der Waals surface area contributed by atoms with Crippen LogP contribution in [0.3, 0.4) is 0 Å². The molecule has 94 valence electrons. The second kappa shape index (κ2) is 4.96. The molecule has 18 heavy (non-hydrogen) atoms. The average molecular weight is 301 g/mol. The first kappa shape index (κ1) is 12.1. The summed E-state index contributed by atoms with van der Waals surface area (Å²) in [6.45, 7) is 0.636. The molecule has 1 aromatic heterocycles. The van der Waals surface area contributed by atoms with Gasteiger partial charge in [0.05, 0.1) is 17.7 Å². The minimum Gasteiger partial charge on any atom is -0.492 e. The molecule has 0 spiro atoms. The molecule has 1 atom stereocenters. The maximum absolute atomic E-state index is 6.14. The van der Waals surface area contributed by atoms with E-state index in [1.807, 2.05) is 11.4 Å². The molecular formula is C12H10Cl2N2OS. The van der Waals surface area contributed by atoms with Crippen LogP contribution in [-0.4, -0.2) is 11.6 Å². The van der Waals surface area contributed by atoms with Gasteiger partial charge in [0, 0.05) is 28.6 Å². The van der Waals surface area contributed by atoms with Crippen LogP contribution >= 0.6 is 34.5 Å². The number of hydrogen-bond acceptors (Lipinski definition) is 4. The van der Waals surface area contributed by atoms with Gasteiger partial charge in [-0.2, -0.15) is 0 Å². The number of thiazole rings is 1. The van der Waals surface area contributed by atoms with Crippen LogP contribution in [0.1, 0.15) is 18.0 Å². The van der Waals surface area contributed by atoms with Crippen molar-refractivity contribution >= 4 is 39.7 Å². The minimum atomic E-state index is 0.135. The Bertz CT molecular complexity index is 559. The van der Waals surface area contributed by atoms with Gasteiger partial charge in [-0.1, -0.05) is 23.2 Å². The monoisotopic (exact) mass is 300 g/mol. The Morgan fingerprint density at radius 3 is 3.06 bits per heavy atom. The Labute approximate surface area is 119 Å². The van der Waals surface area contributed by atoms with Crippen molar-refractivity contribution in [3.63, 3.8) is 0 Å². The Balaban J connectivity index is 1.96. The molecule has 0 fully saturated rings. The van der Waals surface area contributed by atoms with Crippen molar-refractivity contribution in [2.24, 2.45) is 0 Å². The van der Waals surface area contributed by atoms with Crippen LogP contribution in [0.15, 0.2) is 23.7 Å². The fourth-order valence-corrected chi connectivity index (χ4v) is 3.17. The number of ether oxygens (including phenoxy) is 1. The minimum absolute atomic E-state index is 0.135. The van der Waals surface area contributed by atoms with Crippen molar-refractivity contribution in [3.05, 3.63) is 39.3 Å². The predicted octanol–water partition coefficient (Wildman–Crippen LogP) is 4.39. The molecule has 6 heteroatoms. The molecule has 1 N–H and O–H groups in total. The number of hydrogen-bond donors (Lipinski definition) is 1. The van der Waals surface area contributed by atoms with E-state index >= 15 is 0 Å². The van der Waals surface area contributed by atoms with Gasteiger partial charge in [0.25, 0.3) is 0 Å². The average Bonchev–Trinajstić information content (AvgIpc) is 2.83. The number of anilines is 1. The summed E-state index contributed by atoms with van der Waals surface area (Å²) >= 11 is 13.8. The normalized spacial score (nSPS) is 18.0. The zero-order chi connectivity index (χ0) is 12.5. The van der Waals surface area contributed by atoms with E-state index in [4.69, 9.17) is 27.9 Å². The fraction of sp³-hybridized carbons (Fsp3) is 0.250. The second-order valence-corrected chi connectivity index (χ2v) is 5.72. The van der Waals surface area contributed by atoms with Gasteiger partial charge >= 0.3 is 0 Å². The molecule has 0 radical (unpaired) electrons. The lowest BCUT2D eigenvalue weighted by Crippen LogP contribution is -2.20. The molecule has 1 unspecified atom stereocenters. The van der Waals surface area contributed by atoms with E-state index in [0.29, 0.717) is 16.7 Å². The van der Waals surface area contributed by atoms with E-state index in [1.165, 1.54) is 0 Å². The van der Waals surface area contributed by atoms with E-state index < -0.39 is 0 Å². The van der Waals surface area contributed by atoms with Crippen LogP contribution in [0, 0.1) is 0 Å². The van der Waals surface area contributed by atoms with E-state index in [0.717, 1.165) is 22.9 Å². The molecule has 0 saturated heterocycles. The van der Waals surface area contributed by atoms with Crippen molar-refractivity contribution in [2.75, 3.05) is 11.9 Å². The quantitative estimate of drug-likeness (QED) is 0.893. The molecule has 0 amide bonds. The standard InChI is InChI=1S/C12H10Cl2N2OS/c13-7-5-8-10(16-12-15-2-4-18-12)1-3-17-11(8)9(14)6-7/h2,4-6,10H,1,3H2,(H,15,16). The van der Waals surface area contributed by atoms with E-state index in [2.05, 4.69) is 10.3 Å². The molecule has 1 aromatic carbocycles. The van der Waals surface area contributed by atoms with Gasteiger partial charge < -0.3 is 10.1 Å². The van der Waals surface area contributed by atoms with E-state index in [-0.39, 0.29) is 6.04 Å². The summed E-state index contributed by atoms with van der Waals surface area (Å²) in [6.07, 6.45) is 2.64. The summed E-state index contributed by atoms with van der Waals surface area (Å²) in [5.41, 5.74) is 0.994. The zero-order valence-electron chi connectivity index (χ0n) is 9.32. The van der Waals surface area contributed by atoms with Crippen LogP contribution in [-0.2, 0) is 0 Å². The van der Waals surface area contributed by atoms with Crippen LogP contribution in [0.5, 0.6) is 5.75 Å². The number of benzene rings is 1. The number of nitrogens with zero attached hydrogens (tertiary/aromatic N) is 1. The molecular weight excluding hydrogens is 291 g/mol. The summed E-state index contributed by atoms with van der Waals surface area (Å²) in [6, 6.07) is 3.73. The molecule has 1 aliphatic rings. The summed E-state index contributed by atoms with van der Waals surface area (Å²) in [4.78, 5) is 4.23. The highest BCUT2D eigenvalue weighted by atomic mass is 35.5. The van der Waals surface area contributed by atoms with Crippen LogP contribution in [0.2, 0.25) is 10.0 Å². The van der Waals surface area contributed by atoms with Gasteiger partial charge in [-0.15, -0.1) is 11.3 Å². The van der Waals surface area contributed by atoms with E-state index in [1.54, 1.807) is 23.6 Å². The Kier molecular flexibility index (Phi) is 3.33. The Hall–Kier alpha value is -0.970. The third-order valence-electron chi connectivity index (χ3n) is 2.80. The zero-order valence-corrected chi connectivity index (χ0v) is 11.6. The lowest BCUT2D eigenvalue weighted by atomic mass is 10.0. The van der Waals surface area contributed by atoms with E-state index in [9.17, 15) is 0 Å². The SMILES string of the molecule is Clc1cc(Cl)c2c(c1)C(Nc1nccs1)CCO2. The summed E-state index contributed by atoms with van der Waals surface area (Å²) in [7, 11) is 0. The third-order valence-corrected chi connectivity index (χ3v) is 4.00. The highest BCUT2D eigenvalue weighted by molar-refractivity contribution is 7.13. The number of nitrogens with one attached hydrogen (secondary N) is 1. The lowest BCUT2D eigenvalue weighted by molar-refractivity contribution is 0.274. The summed E-state index contributed by atoms with van der Waals surface area (Å²) in [5.74, 6) is 0.723. The number of rotatable bonds is 2. The summed E-state index contributed by atoms with van der Waals surface area (Å²) < 4.78 is 5.61. The van der Waals surface area contributed by atoms with Crippen molar-refractivity contribution in [3.8, 4) is 5.75 Å². The maximum Gasteiger partial charge on any atom is 0.183 e. The van der Waals surface area contributed by atoms with Crippen LogP contribution in [0.25, 0.3) is 0 Å². The largest absolute Gasteiger partial charge is 0.492 e. The first-order valence-corrected chi connectivity index (χ1v) is 7.15. The van der Waals surface area contributed by atoms with Crippen molar-refractivity contribution in [1.82, 2.24) is 4.98 Å². The number of fused-ring (bicyclic) bond motifs is 1. The Morgan fingerprint density at radius 2 is 2.28 bits per heavy atom. The highest BCUT2D eigenvalue weighted by Gasteiger charge is 2.24. The van der Waals surface area contributed by atoms with Crippen molar-refractivity contribution < 1.29 is 4.74 Å². The van der Waals surface area contributed by atoms with Gasteiger partial charge in [-0.3, -0.25) is 0 Å². The lowest BCUT2D eigenvalue weighted by Gasteiger charge is -2.27. The summed E-state index contributed by atoms with van der Waals surface area (Å²) in [5, 5.41) is 7.39. The first-order valence-electron chi connectivity index (χ1n) is 5.52.